The molecule has 0 aromatic carbocycles. The third-order valence-electron chi connectivity index (χ3n) is 3.23. The average Bonchev–Trinajstić information content (AvgIpc) is 2.64. The first-order valence-electron chi connectivity index (χ1n) is 6.07. The van der Waals surface area contributed by atoms with Crippen LogP contribution in [-0.2, 0) is 11.8 Å². The fourth-order valence-electron chi connectivity index (χ4n) is 2.11. The smallest absolute Gasteiger partial charge is 0.236 e. The molecule has 0 radical (unpaired) electrons. The van der Waals surface area contributed by atoms with Gasteiger partial charge in [0.1, 0.15) is 12.3 Å². The molecule has 17 heavy (non-hydrogen) atoms. The number of hydrogen-bond donors (Lipinski definition) is 0. The second-order valence-corrected chi connectivity index (χ2v) is 4.51. The van der Waals surface area contributed by atoms with Crippen LogP contribution in [0.5, 0.6) is 5.88 Å². The molecular formula is C12H19N3O2. The first kappa shape index (κ1) is 12.0. The molecular weight excluding hydrogens is 218 g/mol. The summed E-state index contributed by atoms with van der Waals surface area (Å²) >= 11 is 0. The molecule has 1 amide bonds. The van der Waals surface area contributed by atoms with E-state index in [2.05, 4.69) is 12.0 Å². The van der Waals surface area contributed by atoms with E-state index in [1.54, 1.807) is 22.8 Å². The second-order valence-electron chi connectivity index (χ2n) is 4.51. The molecule has 0 aliphatic carbocycles. The predicted octanol–water partition coefficient (Wildman–Crippen LogP) is 1.58. The van der Waals surface area contributed by atoms with Crippen molar-refractivity contribution < 1.29 is 9.53 Å². The van der Waals surface area contributed by atoms with Gasteiger partial charge in [-0.25, -0.2) is 4.68 Å². The minimum absolute atomic E-state index is 0.0349. The number of unbranched alkanes of at least 4 members (excludes halogenated alkanes) is 1. The monoisotopic (exact) mass is 237 g/mol. The summed E-state index contributed by atoms with van der Waals surface area (Å²) in [5.41, 5.74) is 0.761. The van der Waals surface area contributed by atoms with Crippen molar-refractivity contribution in [1.82, 2.24) is 9.78 Å². The highest BCUT2D eigenvalue weighted by Gasteiger charge is 2.30. The van der Waals surface area contributed by atoms with Gasteiger partial charge in [-0.05, 0) is 6.42 Å². The van der Waals surface area contributed by atoms with E-state index in [1.807, 2.05) is 7.05 Å². The number of aryl methyl sites for hydroxylation is 1. The largest absolute Gasteiger partial charge is 0.476 e. The average molecular weight is 237 g/mol. The number of carbonyl (C=O) groups excluding carboxylic acids is 1. The Labute approximate surface area is 101 Å². The van der Waals surface area contributed by atoms with Crippen LogP contribution in [-0.4, -0.2) is 29.3 Å². The molecule has 0 unspecified atom stereocenters. The van der Waals surface area contributed by atoms with Gasteiger partial charge in [-0.2, -0.15) is 5.10 Å². The van der Waals surface area contributed by atoms with Gasteiger partial charge in [0.15, 0.2) is 0 Å². The molecule has 0 bridgehead atoms. The predicted molar refractivity (Wildman–Crippen MR) is 65.1 cm³/mol. The van der Waals surface area contributed by atoms with Crippen molar-refractivity contribution in [1.29, 1.82) is 0 Å². The van der Waals surface area contributed by atoms with Crippen LogP contribution in [0.15, 0.2) is 6.20 Å². The van der Waals surface area contributed by atoms with E-state index >= 15 is 0 Å². The Morgan fingerprint density at radius 1 is 1.53 bits per heavy atom. The number of fused-ring (bicyclic) bond motifs is 1. The molecule has 1 aromatic heterocycles. The van der Waals surface area contributed by atoms with Crippen LogP contribution >= 0.6 is 0 Å². The van der Waals surface area contributed by atoms with Crippen molar-refractivity contribution in [2.45, 2.75) is 26.2 Å². The molecule has 0 N–H and O–H groups in total. The normalized spacial score (nSPS) is 19.8. The van der Waals surface area contributed by atoms with Crippen LogP contribution < -0.4 is 9.64 Å². The SMILES string of the molecule is CCCC[C@H]1COc2c(cnn2C)N(C)C1=O. The van der Waals surface area contributed by atoms with E-state index in [0.29, 0.717) is 12.5 Å². The maximum atomic E-state index is 12.2. The van der Waals surface area contributed by atoms with Gasteiger partial charge in [-0.3, -0.25) is 4.79 Å². The minimum atomic E-state index is -0.0349. The first-order valence-corrected chi connectivity index (χ1v) is 6.07. The van der Waals surface area contributed by atoms with Gasteiger partial charge in [0.25, 0.3) is 0 Å². The molecule has 1 aromatic rings. The van der Waals surface area contributed by atoms with Crippen molar-refractivity contribution in [3.05, 3.63) is 6.20 Å². The number of aromatic nitrogens is 2. The summed E-state index contributed by atoms with van der Waals surface area (Å²) in [4.78, 5) is 13.9. The van der Waals surface area contributed by atoms with Crippen LogP contribution in [0.25, 0.3) is 0 Å². The Hall–Kier alpha value is -1.52. The van der Waals surface area contributed by atoms with E-state index in [0.717, 1.165) is 24.9 Å². The number of amides is 1. The molecule has 1 aliphatic heterocycles. The van der Waals surface area contributed by atoms with Gasteiger partial charge in [-0.15, -0.1) is 0 Å². The molecule has 1 atom stereocenters. The van der Waals surface area contributed by atoms with E-state index in [4.69, 9.17) is 4.74 Å². The molecule has 1 aliphatic rings. The summed E-state index contributed by atoms with van der Waals surface area (Å²) in [6, 6.07) is 0. The molecule has 2 rings (SSSR count). The lowest BCUT2D eigenvalue weighted by Gasteiger charge is -2.17. The van der Waals surface area contributed by atoms with Crippen LogP contribution in [0.2, 0.25) is 0 Å². The van der Waals surface area contributed by atoms with E-state index in [1.165, 1.54) is 0 Å². The molecule has 94 valence electrons. The Bertz CT molecular complexity index is 414. The number of ether oxygens (including phenoxy) is 1. The molecule has 2 heterocycles. The van der Waals surface area contributed by atoms with Crippen molar-refractivity contribution >= 4 is 11.6 Å². The van der Waals surface area contributed by atoms with Crippen molar-refractivity contribution in [2.24, 2.45) is 13.0 Å². The number of rotatable bonds is 3. The third kappa shape index (κ3) is 2.14. The van der Waals surface area contributed by atoms with Gasteiger partial charge in [-0.1, -0.05) is 19.8 Å². The van der Waals surface area contributed by atoms with E-state index in [-0.39, 0.29) is 11.8 Å². The molecule has 5 heteroatoms. The van der Waals surface area contributed by atoms with Crippen LogP contribution in [0.4, 0.5) is 5.69 Å². The summed E-state index contributed by atoms with van der Waals surface area (Å²) in [6.45, 7) is 2.58. The lowest BCUT2D eigenvalue weighted by atomic mass is 10.0. The van der Waals surface area contributed by atoms with Gasteiger partial charge >= 0.3 is 0 Å². The minimum Gasteiger partial charge on any atom is -0.476 e. The fraction of sp³-hybridized carbons (Fsp3) is 0.667. The fourth-order valence-corrected chi connectivity index (χ4v) is 2.11. The zero-order valence-electron chi connectivity index (χ0n) is 10.6. The standard InChI is InChI=1S/C12H19N3O2/c1-4-5-6-9-8-17-12-10(7-13-15(12)3)14(2)11(9)16/h7,9H,4-6,8H2,1-3H3/t9-/m0/s1. The number of carbonyl (C=O) groups is 1. The maximum Gasteiger partial charge on any atom is 0.236 e. The molecule has 0 saturated carbocycles. The van der Waals surface area contributed by atoms with E-state index < -0.39 is 0 Å². The molecule has 5 nitrogen and oxygen atoms in total. The highest BCUT2D eigenvalue weighted by atomic mass is 16.5. The van der Waals surface area contributed by atoms with Crippen molar-refractivity contribution in [3.8, 4) is 5.88 Å². The van der Waals surface area contributed by atoms with Gasteiger partial charge in [0.2, 0.25) is 11.8 Å². The first-order chi connectivity index (χ1) is 8.15. The lowest BCUT2D eigenvalue weighted by Crippen LogP contribution is -2.33. The summed E-state index contributed by atoms with van der Waals surface area (Å²) < 4.78 is 7.38. The van der Waals surface area contributed by atoms with Gasteiger partial charge < -0.3 is 9.64 Å². The van der Waals surface area contributed by atoms with Crippen LogP contribution in [0.1, 0.15) is 26.2 Å². The molecule has 0 fully saturated rings. The van der Waals surface area contributed by atoms with Gasteiger partial charge in [0.05, 0.1) is 12.1 Å². The summed E-state index contributed by atoms with van der Waals surface area (Å²) in [6.07, 6.45) is 4.72. The third-order valence-corrected chi connectivity index (χ3v) is 3.23. The highest BCUT2D eigenvalue weighted by molar-refractivity contribution is 5.96. The number of anilines is 1. The van der Waals surface area contributed by atoms with E-state index in [9.17, 15) is 4.79 Å². The van der Waals surface area contributed by atoms with Crippen molar-refractivity contribution in [2.75, 3.05) is 18.6 Å². The number of nitrogens with zero attached hydrogens (tertiary/aromatic N) is 3. The maximum absolute atomic E-state index is 12.2. The zero-order chi connectivity index (χ0) is 12.4. The highest BCUT2D eigenvalue weighted by Crippen LogP contribution is 2.31. The Morgan fingerprint density at radius 3 is 3.00 bits per heavy atom. The summed E-state index contributed by atoms with van der Waals surface area (Å²) in [7, 11) is 3.61. The topological polar surface area (TPSA) is 47.4 Å². The Kier molecular flexibility index (Phi) is 3.36. The Balaban J connectivity index is 2.20. The lowest BCUT2D eigenvalue weighted by molar-refractivity contribution is -0.122. The Morgan fingerprint density at radius 2 is 2.29 bits per heavy atom. The zero-order valence-corrected chi connectivity index (χ0v) is 10.6. The number of hydrogen-bond acceptors (Lipinski definition) is 3. The quantitative estimate of drug-likeness (QED) is 0.802. The van der Waals surface area contributed by atoms with Gasteiger partial charge in [0, 0.05) is 14.1 Å². The van der Waals surface area contributed by atoms with Crippen molar-refractivity contribution in [3.63, 3.8) is 0 Å². The second kappa shape index (κ2) is 4.77. The van der Waals surface area contributed by atoms with Crippen LogP contribution in [0, 0.1) is 5.92 Å². The molecule has 0 spiro atoms. The molecule has 0 saturated heterocycles. The summed E-state index contributed by atoms with van der Waals surface area (Å²) in [5.74, 6) is 0.775. The summed E-state index contributed by atoms with van der Waals surface area (Å²) in [5, 5.41) is 4.11. The van der Waals surface area contributed by atoms with Crippen LogP contribution in [0.3, 0.4) is 0 Å².